The fourth-order valence-corrected chi connectivity index (χ4v) is 2.88. The van der Waals surface area contributed by atoms with Gasteiger partial charge in [-0.15, -0.1) is 0 Å². The van der Waals surface area contributed by atoms with Crippen LogP contribution in [0.1, 0.15) is 10.4 Å². The van der Waals surface area contributed by atoms with Crippen molar-refractivity contribution >= 4 is 44.2 Å². The molecular formula is C17H11BrN2O6. The van der Waals surface area contributed by atoms with Gasteiger partial charge in [-0.05, 0) is 24.3 Å². The second-order valence-corrected chi connectivity index (χ2v) is 6.12. The van der Waals surface area contributed by atoms with Gasteiger partial charge in [0.15, 0.2) is 0 Å². The highest BCUT2D eigenvalue weighted by atomic mass is 79.9. The number of nitrogens with zero attached hydrogens (tertiary/aromatic N) is 1. The lowest BCUT2D eigenvalue weighted by atomic mass is 10.1. The topological polar surface area (TPSA) is 112 Å². The first-order valence-corrected chi connectivity index (χ1v) is 8.06. The van der Waals surface area contributed by atoms with Gasteiger partial charge in [-0.1, -0.05) is 28.1 Å². The minimum Gasteiger partial charge on any atom is -0.495 e. The van der Waals surface area contributed by atoms with Crippen LogP contribution in [0.25, 0.3) is 11.0 Å². The summed E-state index contributed by atoms with van der Waals surface area (Å²) in [6.45, 7) is 0. The minimum atomic E-state index is -0.977. The summed E-state index contributed by atoms with van der Waals surface area (Å²) in [6, 6.07) is 10.7. The first kappa shape index (κ1) is 17.6. The predicted octanol–water partition coefficient (Wildman–Crippen LogP) is 3.72. The number of carbonyl (C=O) groups excluding carboxylic acids is 1. The highest BCUT2D eigenvalue weighted by Crippen LogP contribution is 2.30. The van der Waals surface area contributed by atoms with E-state index >= 15 is 0 Å². The average molecular weight is 419 g/mol. The van der Waals surface area contributed by atoms with Gasteiger partial charge in [-0.2, -0.15) is 0 Å². The van der Waals surface area contributed by atoms with E-state index in [1.165, 1.54) is 25.3 Å². The second kappa shape index (κ2) is 6.96. The van der Waals surface area contributed by atoms with Crippen molar-refractivity contribution in [3.05, 3.63) is 73.0 Å². The number of ether oxygens (including phenoxy) is 1. The van der Waals surface area contributed by atoms with Crippen molar-refractivity contribution in [1.29, 1.82) is 0 Å². The Morgan fingerprint density at radius 1 is 1.27 bits per heavy atom. The molecule has 1 N–H and O–H groups in total. The molecule has 0 aliphatic heterocycles. The summed E-state index contributed by atoms with van der Waals surface area (Å²) in [4.78, 5) is 35.1. The van der Waals surface area contributed by atoms with Crippen LogP contribution in [-0.4, -0.2) is 17.9 Å². The van der Waals surface area contributed by atoms with Crippen molar-refractivity contribution in [1.82, 2.24) is 0 Å². The van der Waals surface area contributed by atoms with Gasteiger partial charge in [0, 0.05) is 15.9 Å². The van der Waals surface area contributed by atoms with Crippen molar-refractivity contribution in [2.45, 2.75) is 0 Å². The summed E-state index contributed by atoms with van der Waals surface area (Å²) in [5.74, 6) is -0.294. The number of hydrogen-bond acceptors (Lipinski definition) is 6. The van der Waals surface area contributed by atoms with Crippen LogP contribution in [0.3, 0.4) is 0 Å². The molecule has 1 aromatic heterocycles. The zero-order valence-electron chi connectivity index (χ0n) is 13.3. The van der Waals surface area contributed by atoms with E-state index in [1.807, 2.05) is 0 Å². The number of nitro benzene ring substituents is 1. The van der Waals surface area contributed by atoms with E-state index < -0.39 is 16.5 Å². The highest BCUT2D eigenvalue weighted by Gasteiger charge is 2.21. The van der Waals surface area contributed by atoms with Crippen molar-refractivity contribution in [2.75, 3.05) is 12.4 Å². The number of fused-ring (bicyclic) bond motifs is 1. The first-order valence-electron chi connectivity index (χ1n) is 7.27. The van der Waals surface area contributed by atoms with E-state index in [0.717, 1.165) is 0 Å². The molecule has 0 bridgehead atoms. The van der Waals surface area contributed by atoms with Crippen LogP contribution in [0.15, 0.2) is 56.1 Å². The molecule has 1 amide bonds. The maximum atomic E-state index is 12.5. The van der Waals surface area contributed by atoms with Gasteiger partial charge in [0.05, 0.1) is 17.7 Å². The summed E-state index contributed by atoms with van der Waals surface area (Å²) in [6.07, 6.45) is 0. The highest BCUT2D eigenvalue weighted by molar-refractivity contribution is 9.10. The average Bonchev–Trinajstić information content (AvgIpc) is 2.61. The van der Waals surface area contributed by atoms with E-state index in [-0.39, 0.29) is 22.2 Å². The summed E-state index contributed by atoms with van der Waals surface area (Å²) in [5.41, 5.74) is -1.45. The summed E-state index contributed by atoms with van der Waals surface area (Å²) >= 11 is 3.16. The summed E-state index contributed by atoms with van der Waals surface area (Å²) in [5, 5.41) is 14.0. The monoisotopic (exact) mass is 418 g/mol. The molecule has 132 valence electrons. The molecule has 0 atom stereocenters. The molecule has 0 spiro atoms. The molecule has 0 unspecified atom stereocenters. The van der Waals surface area contributed by atoms with Gasteiger partial charge in [0.25, 0.3) is 5.91 Å². The fraction of sp³-hybridized carbons (Fsp3) is 0.0588. The molecular weight excluding hydrogens is 408 g/mol. The standard InChI is InChI=1S/C17H11BrN2O6/c1-25-14-5-3-2-4-12(14)19-16(21)11-7-9-6-10(18)8-13(20(23)24)15(9)26-17(11)22/h2-8H,1H3,(H,19,21). The Bertz CT molecular complexity index is 1090. The minimum absolute atomic E-state index is 0.197. The molecule has 26 heavy (non-hydrogen) atoms. The molecule has 3 rings (SSSR count). The van der Waals surface area contributed by atoms with E-state index in [2.05, 4.69) is 21.2 Å². The van der Waals surface area contributed by atoms with Crippen LogP contribution in [0, 0.1) is 10.1 Å². The van der Waals surface area contributed by atoms with Crippen LogP contribution < -0.4 is 15.7 Å². The largest absolute Gasteiger partial charge is 0.495 e. The second-order valence-electron chi connectivity index (χ2n) is 5.20. The Morgan fingerprint density at radius 3 is 2.69 bits per heavy atom. The Kier molecular flexibility index (Phi) is 4.72. The van der Waals surface area contributed by atoms with Crippen molar-refractivity contribution < 1.29 is 18.9 Å². The van der Waals surface area contributed by atoms with Crippen molar-refractivity contribution in [3.63, 3.8) is 0 Å². The maximum Gasteiger partial charge on any atom is 0.349 e. The molecule has 3 aromatic rings. The molecule has 8 nitrogen and oxygen atoms in total. The lowest BCUT2D eigenvalue weighted by Gasteiger charge is -2.09. The number of nitrogens with one attached hydrogen (secondary N) is 1. The third kappa shape index (κ3) is 3.29. The normalized spacial score (nSPS) is 10.5. The number of amides is 1. The first-order chi connectivity index (χ1) is 12.4. The van der Waals surface area contributed by atoms with Gasteiger partial charge in [0.2, 0.25) is 5.58 Å². The van der Waals surface area contributed by atoms with Crippen LogP contribution in [0.2, 0.25) is 0 Å². The van der Waals surface area contributed by atoms with Gasteiger partial charge >= 0.3 is 11.3 Å². The summed E-state index contributed by atoms with van der Waals surface area (Å²) < 4.78 is 10.6. The van der Waals surface area contributed by atoms with Crippen LogP contribution in [-0.2, 0) is 0 Å². The number of rotatable bonds is 4. The lowest BCUT2D eigenvalue weighted by Crippen LogP contribution is -2.21. The van der Waals surface area contributed by atoms with E-state index in [0.29, 0.717) is 15.9 Å². The zero-order valence-corrected chi connectivity index (χ0v) is 14.9. The number of para-hydroxylation sites is 2. The number of nitro groups is 1. The number of carbonyl (C=O) groups is 1. The summed E-state index contributed by atoms with van der Waals surface area (Å²) in [7, 11) is 1.45. The number of non-ortho nitro benzene ring substituents is 1. The third-order valence-corrected chi connectivity index (χ3v) is 4.03. The van der Waals surface area contributed by atoms with Crippen molar-refractivity contribution in [3.8, 4) is 5.75 Å². The van der Waals surface area contributed by atoms with E-state index in [9.17, 15) is 19.7 Å². The van der Waals surface area contributed by atoms with Crippen LogP contribution >= 0.6 is 15.9 Å². The molecule has 2 aromatic carbocycles. The Labute approximate surface area is 154 Å². The predicted molar refractivity (Wildman–Crippen MR) is 97.8 cm³/mol. The van der Waals surface area contributed by atoms with Gasteiger partial charge in [-0.3, -0.25) is 14.9 Å². The van der Waals surface area contributed by atoms with E-state index in [4.69, 9.17) is 9.15 Å². The lowest BCUT2D eigenvalue weighted by molar-refractivity contribution is -0.383. The number of halogens is 1. The Balaban J connectivity index is 2.08. The molecule has 0 aliphatic carbocycles. The molecule has 0 saturated carbocycles. The van der Waals surface area contributed by atoms with Crippen molar-refractivity contribution in [2.24, 2.45) is 0 Å². The van der Waals surface area contributed by atoms with E-state index in [1.54, 1.807) is 24.3 Å². The molecule has 0 aliphatic rings. The maximum absolute atomic E-state index is 12.5. The van der Waals surface area contributed by atoms with Crippen LogP contribution in [0.5, 0.6) is 5.75 Å². The molecule has 0 radical (unpaired) electrons. The van der Waals surface area contributed by atoms with Gasteiger partial charge < -0.3 is 14.5 Å². The number of hydrogen-bond donors (Lipinski definition) is 1. The fourth-order valence-electron chi connectivity index (χ4n) is 2.41. The molecule has 1 heterocycles. The smallest absolute Gasteiger partial charge is 0.349 e. The number of benzene rings is 2. The SMILES string of the molecule is COc1ccccc1NC(=O)c1cc2cc(Br)cc([N+](=O)[O-])c2oc1=O. The molecule has 0 fully saturated rings. The van der Waals surface area contributed by atoms with Gasteiger partial charge in [0.1, 0.15) is 11.3 Å². The van der Waals surface area contributed by atoms with Crippen LogP contribution in [0.4, 0.5) is 11.4 Å². The number of anilines is 1. The van der Waals surface area contributed by atoms with Gasteiger partial charge in [-0.25, -0.2) is 4.79 Å². The third-order valence-electron chi connectivity index (χ3n) is 3.57. The Morgan fingerprint density at radius 2 is 2.00 bits per heavy atom. The quantitative estimate of drug-likeness (QED) is 0.392. The number of methoxy groups -OCH3 is 1. The molecule has 9 heteroatoms. The zero-order chi connectivity index (χ0) is 18.8. The molecule has 0 saturated heterocycles. The Hall–Kier alpha value is -3.20.